The number of likely N-dealkylation sites (tertiary alicyclic amines) is 1. The Labute approximate surface area is 221 Å². The van der Waals surface area contributed by atoms with Gasteiger partial charge in [0, 0.05) is 44.1 Å². The van der Waals surface area contributed by atoms with Crippen LogP contribution in [0.1, 0.15) is 59.8 Å². The van der Waals surface area contributed by atoms with E-state index < -0.39 is 28.2 Å². The van der Waals surface area contributed by atoms with E-state index in [9.17, 15) is 14.4 Å². The van der Waals surface area contributed by atoms with Crippen molar-refractivity contribution in [1.82, 2.24) is 14.7 Å². The van der Waals surface area contributed by atoms with E-state index in [4.69, 9.17) is 5.11 Å². The fourth-order valence-corrected chi connectivity index (χ4v) is 8.99. The molecule has 3 rings (SSSR count). The molecule has 202 valence electrons. The van der Waals surface area contributed by atoms with Gasteiger partial charge in [-0.1, -0.05) is 31.9 Å². The molecule has 8 heteroatoms. The van der Waals surface area contributed by atoms with E-state index in [-0.39, 0.29) is 35.5 Å². The number of amides is 3. The quantitative estimate of drug-likeness (QED) is 0.316. The van der Waals surface area contributed by atoms with Crippen molar-refractivity contribution >= 4 is 29.5 Å². The van der Waals surface area contributed by atoms with Crippen molar-refractivity contribution in [3.05, 3.63) is 25.3 Å². The number of likely N-dealkylation sites (N-methyl/N-ethyl adjacent to an activating group) is 1. The molecule has 36 heavy (non-hydrogen) atoms. The van der Waals surface area contributed by atoms with Crippen LogP contribution >= 0.6 is 11.8 Å². The Morgan fingerprint density at radius 2 is 1.78 bits per heavy atom. The smallest absolute Gasteiger partial charge is 0.247 e. The number of unbranched alkanes of at least 4 members (excludes halogenated alkanes) is 3. The van der Waals surface area contributed by atoms with E-state index in [2.05, 4.69) is 20.1 Å². The number of aliphatic hydroxyl groups is 1. The highest BCUT2D eigenvalue weighted by Gasteiger charge is 2.76. The summed E-state index contributed by atoms with van der Waals surface area (Å²) in [4.78, 5) is 47.5. The summed E-state index contributed by atoms with van der Waals surface area (Å²) in [5.74, 6) is -0.867. The largest absolute Gasteiger partial charge is 0.396 e. The average Bonchev–Trinajstić information content (AvgIpc) is 3.39. The first kappa shape index (κ1) is 28.8. The number of hydrogen-bond acceptors (Lipinski definition) is 5. The SMILES string of the molecule is C=CCN(C)C(=O)[C@@H]1[C@H]2C(=O)N(CCCCCCO)C(C(=O)N(CC=C)C(C)(C)C)C23S[C@@H]1CC3C. The van der Waals surface area contributed by atoms with Crippen LogP contribution in [0, 0.1) is 17.8 Å². The van der Waals surface area contributed by atoms with Crippen molar-refractivity contribution in [3.8, 4) is 0 Å². The number of fused-ring (bicyclic) bond motifs is 1. The van der Waals surface area contributed by atoms with Crippen LogP contribution in [0.3, 0.4) is 0 Å². The number of rotatable bonds is 12. The summed E-state index contributed by atoms with van der Waals surface area (Å²) in [7, 11) is 1.77. The standard InChI is InChI=1S/C28H45N3O4S/c1-8-14-29(7)24(33)21-20-18-19(3)28(36-20)22(21)25(34)30(16-12-10-11-13-17-32)23(28)26(35)31(15-9-2)27(4,5)6/h8-9,19-23,32H,1-2,10-18H2,3-7H3/t19?,20-,21+,22+,23?,28?/m1/s1. The van der Waals surface area contributed by atoms with Crippen LogP contribution in [0.15, 0.2) is 25.3 Å². The van der Waals surface area contributed by atoms with Gasteiger partial charge in [0.25, 0.3) is 0 Å². The molecular weight excluding hydrogens is 474 g/mol. The second-order valence-corrected chi connectivity index (χ2v) is 13.2. The fourth-order valence-electron chi connectivity index (χ4n) is 6.58. The lowest BCUT2D eigenvalue weighted by Crippen LogP contribution is -2.60. The Hall–Kier alpha value is -1.80. The predicted molar refractivity (Wildman–Crippen MR) is 145 cm³/mol. The van der Waals surface area contributed by atoms with Crippen LogP contribution in [0.4, 0.5) is 0 Å². The lowest BCUT2D eigenvalue weighted by Gasteiger charge is -2.44. The molecule has 3 saturated heterocycles. The van der Waals surface area contributed by atoms with Gasteiger partial charge in [-0.05, 0) is 46.0 Å². The van der Waals surface area contributed by atoms with Crippen molar-refractivity contribution in [3.63, 3.8) is 0 Å². The van der Waals surface area contributed by atoms with Crippen LogP contribution in [0.5, 0.6) is 0 Å². The van der Waals surface area contributed by atoms with Crippen molar-refractivity contribution in [2.24, 2.45) is 17.8 Å². The van der Waals surface area contributed by atoms with Gasteiger partial charge in [-0.2, -0.15) is 0 Å². The van der Waals surface area contributed by atoms with Gasteiger partial charge in [0.1, 0.15) is 6.04 Å². The lowest BCUT2D eigenvalue weighted by molar-refractivity contribution is -0.146. The predicted octanol–water partition coefficient (Wildman–Crippen LogP) is 3.33. The number of hydrogen-bond donors (Lipinski definition) is 1. The number of carbonyl (C=O) groups excluding carboxylic acids is 3. The minimum absolute atomic E-state index is 0.0192. The maximum atomic E-state index is 14.4. The molecule has 1 N–H and O–H groups in total. The Bertz CT molecular complexity index is 871. The minimum atomic E-state index is -0.607. The maximum absolute atomic E-state index is 14.4. The Balaban J connectivity index is 2.03. The van der Waals surface area contributed by atoms with Gasteiger partial charge in [0.2, 0.25) is 17.7 Å². The van der Waals surface area contributed by atoms with E-state index in [1.165, 1.54) is 0 Å². The summed E-state index contributed by atoms with van der Waals surface area (Å²) in [6, 6.07) is -0.598. The molecule has 0 radical (unpaired) electrons. The fraction of sp³-hybridized carbons (Fsp3) is 0.750. The van der Waals surface area contributed by atoms with Gasteiger partial charge in [-0.25, -0.2) is 0 Å². The van der Waals surface area contributed by atoms with E-state index in [0.29, 0.717) is 19.6 Å². The topological polar surface area (TPSA) is 81.2 Å². The molecule has 0 aliphatic carbocycles. The first-order valence-corrected chi connectivity index (χ1v) is 14.2. The monoisotopic (exact) mass is 519 g/mol. The molecule has 0 aromatic heterocycles. The summed E-state index contributed by atoms with van der Waals surface area (Å²) < 4.78 is -0.607. The van der Waals surface area contributed by atoms with E-state index >= 15 is 0 Å². The molecule has 1 spiro atoms. The van der Waals surface area contributed by atoms with Gasteiger partial charge in [0.05, 0.1) is 16.6 Å². The molecule has 0 aromatic rings. The zero-order valence-corrected chi connectivity index (χ0v) is 23.6. The first-order chi connectivity index (χ1) is 17.0. The van der Waals surface area contributed by atoms with E-state index in [1.807, 2.05) is 30.6 Å². The summed E-state index contributed by atoms with van der Waals surface area (Å²) in [5, 5.41) is 9.17. The summed E-state index contributed by atoms with van der Waals surface area (Å²) in [6.07, 6.45) is 7.55. The first-order valence-electron chi connectivity index (χ1n) is 13.3. The minimum Gasteiger partial charge on any atom is -0.396 e. The van der Waals surface area contributed by atoms with E-state index in [1.54, 1.807) is 35.9 Å². The van der Waals surface area contributed by atoms with Gasteiger partial charge in [-0.15, -0.1) is 24.9 Å². The molecule has 6 atom stereocenters. The Morgan fingerprint density at radius 1 is 1.14 bits per heavy atom. The molecular formula is C28H45N3O4S. The number of thioether (sulfide) groups is 1. The second-order valence-electron chi connectivity index (χ2n) is 11.6. The van der Waals surface area contributed by atoms with Crippen molar-refractivity contribution < 1.29 is 19.5 Å². The van der Waals surface area contributed by atoms with Crippen molar-refractivity contribution in [1.29, 1.82) is 0 Å². The normalized spacial score (nSPS) is 30.9. The third-order valence-corrected chi connectivity index (χ3v) is 10.3. The molecule has 2 bridgehead atoms. The van der Waals surface area contributed by atoms with Crippen LogP contribution in [0.2, 0.25) is 0 Å². The van der Waals surface area contributed by atoms with Gasteiger partial charge in [0.15, 0.2) is 0 Å². The molecule has 3 aliphatic rings. The van der Waals surface area contributed by atoms with Crippen LogP contribution < -0.4 is 0 Å². The van der Waals surface area contributed by atoms with Crippen LogP contribution in [-0.2, 0) is 14.4 Å². The highest BCUT2D eigenvalue weighted by atomic mass is 32.2. The highest BCUT2D eigenvalue weighted by Crippen LogP contribution is 2.69. The lowest BCUT2D eigenvalue weighted by atomic mass is 9.65. The number of aliphatic hydroxyl groups excluding tert-OH is 1. The van der Waals surface area contributed by atoms with Crippen molar-refractivity contribution in [2.45, 2.75) is 81.4 Å². The van der Waals surface area contributed by atoms with E-state index in [0.717, 1.165) is 32.1 Å². The van der Waals surface area contributed by atoms with Gasteiger partial charge in [-0.3, -0.25) is 14.4 Å². The molecule has 3 amide bonds. The van der Waals surface area contributed by atoms with Crippen LogP contribution in [-0.4, -0.2) is 92.4 Å². The highest BCUT2D eigenvalue weighted by molar-refractivity contribution is 8.02. The van der Waals surface area contributed by atoms with Gasteiger partial charge < -0.3 is 19.8 Å². The Kier molecular flexibility index (Phi) is 9.03. The zero-order valence-electron chi connectivity index (χ0n) is 22.7. The zero-order chi connectivity index (χ0) is 26.8. The molecule has 3 heterocycles. The summed E-state index contributed by atoms with van der Waals surface area (Å²) in [6.45, 7) is 17.3. The molecule has 3 unspecified atom stereocenters. The van der Waals surface area contributed by atoms with Crippen molar-refractivity contribution in [2.75, 3.05) is 33.3 Å². The maximum Gasteiger partial charge on any atom is 0.247 e. The second kappa shape index (κ2) is 11.3. The number of nitrogens with zero attached hydrogens (tertiary/aromatic N) is 3. The summed E-state index contributed by atoms with van der Waals surface area (Å²) in [5.41, 5.74) is -0.431. The van der Waals surface area contributed by atoms with Crippen LogP contribution in [0.25, 0.3) is 0 Å². The third-order valence-electron chi connectivity index (χ3n) is 8.24. The molecule has 7 nitrogen and oxygen atoms in total. The Morgan fingerprint density at radius 3 is 2.36 bits per heavy atom. The third kappa shape index (κ3) is 4.87. The summed E-state index contributed by atoms with van der Waals surface area (Å²) >= 11 is 1.72. The number of carbonyl (C=O) groups is 3. The molecule has 0 saturated carbocycles. The molecule has 3 aliphatic heterocycles. The molecule has 3 fully saturated rings. The molecule has 0 aromatic carbocycles. The van der Waals surface area contributed by atoms with Gasteiger partial charge >= 0.3 is 0 Å². The average molecular weight is 520 g/mol.